The molecule has 0 unspecified atom stereocenters. The van der Waals surface area contributed by atoms with E-state index in [4.69, 9.17) is 9.47 Å². The zero-order chi connectivity index (χ0) is 24.2. The van der Waals surface area contributed by atoms with Crippen LogP contribution in [0.25, 0.3) is 0 Å². The first-order valence-electron chi connectivity index (χ1n) is 11.2. The van der Waals surface area contributed by atoms with Crippen LogP contribution in [-0.4, -0.2) is 85.3 Å². The molecule has 0 aliphatic carbocycles. The van der Waals surface area contributed by atoms with Crippen molar-refractivity contribution in [1.29, 1.82) is 0 Å². The summed E-state index contributed by atoms with van der Waals surface area (Å²) < 4.78 is 10.5. The molecule has 0 aromatic heterocycles. The van der Waals surface area contributed by atoms with Gasteiger partial charge in [0.05, 0.1) is 25.3 Å². The van der Waals surface area contributed by atoms with Gasteiger partial charge in [0.15, 0.2) is 11.5 Å². The Balaban J connectivity index is 1.34. The molecule has 2 aliphatic rings. The van der Waals surface area contributed by atoms with Crippen LogP contribution in [0.2, 0.25) is 0 Å². The Morgan fingerprint density at radius 2 is 1.44 bits per heavy atom. The van der Waals surface area contributed by atoms with Gasteiger partial charge in [-0.3, -0.25) is 24.1 Å². The van der Waals surface area contributed by atoms with Gasteiger partial charge in [-0.05, 0) is 36.8 Å². The standard InChI is InChI=1S/C25H27N3O6/c1-33-20-9-8-17(16-21(20)34-2)23(30)27-12-5-11-26(14-15-27)22(29)10-13-28-24(31)18-6-3-4-7-19(18)25(28)32/h3-4,6-9,16H,5,10-15H2,1-2H3. The van der Waals surface area contributed by atoms with E-state index < -0.39 is 0 Å². The highest BCUT2D eigenvalue weighted by Gasteiger charge is 2.35. The molecule has 34 heavy (non-hydrogen) atoms. The van der Waals surface area contributed by atoms with Crippen LogP contribution >= 0.6 is 0 Å². The minimum Gasteiger partial charge on any atom is -0.493 e. The van der Waals surface area contributed by atoms with E-state index in [-0.39, 0.29) is 36.6 Å². The summed E-state index contributed by atoms with van der Waals surface area (Å²) in [5.74, 6) is 0.0167. The van der Waals surface area contributed by atoms with Gasteiger partial charge in [0.1, 0.15) is 0 Å². The Labute approximate surface area is 197 Å². The second-order valence-electron chi connectivity index (χ2n) is 8.15. The average molecular weight is 466 g/mol. The number of hydrogen-bond donors (Lipinski definition) is 0. The second kappa shape index (κ2) is 9.94. The van der Waals surface area contributed by atoms with Crippen molar-refractivity contribution in [2.45, 2.75) is 12.8 Å². The van der Waals surface area contributed by atoms with Crippen molar-refractivity contribution in [2.75, 3.05) is 46.9 Å². The monoisotopic (exact) mass is 465 g/mol. The molecule has 0 atom stereocenters. The molecule has 2 aromatic carbocycles. The summed E-state index contributed by atoms with van der Waals surface area (Å²) in [5, 5.41) is 0. The molecular weight excluding hydrogens is 438 g/mol. The van der Waals surface area contributed by atoms with Gasteiger partial charge >= 0.3 is 0 Å². The number of hydrogen-bond acceptors (Lipinski definition) is 6. The topological polar surface area (TPSA) is 96.5 Å². The highest BCUT2D eigenvalue weighted by Crippen LogP contribution is 2.28. The predicted molar refractivity (Wildman–Crippen MR) is 123 cm³/mol. The molecule has 0 saturated carbocycles. The molecule has 1 saturated heterocycles. The van der Waals surface area contributed by atoms with E-state index in [2.05, 4.69) is 0 Å². The normalized spacial score (nSPS) is 15.8. The van der Waals surface area contributed by atoms with Gasteiger partial charge in [0.25, 0.3) is 17.7 Å². The molecule has 0 N–H and O–H groups in total. The number of imide groups is 1. The minimum absolute atomic E-state index is 0.0377. The molecule has 2 heterocycles. The number of rotatable bonds is 6. The fraction of sp³-hybridized carbons (Fsp3) is 0.360. The highest BCUT2D eigenvalue weighted by molar-refractivity contribution is 6.21. The van der Waals surface area contributed by atoms with E-state index in [9.17, 15) is 19.2 Å². The fourth-order valence-electron chi connectivity index (χ4n) is 4.33. The average Bonchev–Trinajstić information content (AvgIpc) is 3.02. The molecule has 0 radical (unpaired) electrons. The summed E-state index contributed by atoms with van der Waals surface area (Å²) in [6, 6.07) is 11.7. The molecular formula is C25H27N3O6. The summed E-state index contributed by atoms with van der Waals surface area (Å²) in [6.45, 7) is 1.86. The van der Waals surface area contributed by atoms with E-state index in [0.29, 0.717) is 60.8 Å². The maximum absolute atomic E-state index is 13.0. The molecule has 2 aromatic rings. The van der Waals surface area contributed by atoms with Gasteiger partial charge in [-0.15, -0.1) is 0 Å². The SMILES string of the molecule is COc1ccc(C(=O)N2CCCN(C(=O)CCN3C(=O)c4ccccc4C3=O)CC2)cc1OC. The Morgan fingerprint density at radius 3 is 2.09 bits per heavy atom. The van der Waals surface area contributed by atoms with Gasteiger partial charge in [-0.1, -0.05) is 12.1 Å². The lowest BCUT2D eigenvalue weighted by Crippen LogP contribution is -2.39. The van der Waals surface area contributed by atoms with Crippen LogP contribution in [0.4, 0.5) is 0 Å². The number of amides is 4. The molecule has 4 amide bonds. The molecule has 0 bridgehead atoms. The quantitative estimate of drug-likeness (QED) is 0.606. The summed E-state index contributed by atoms with van der Waals surface area (Å²) in [4.78, 5) is 55.4. The lowest BCUT2D eigenvalue weighted by Gasteiger charge is -2.23. The van der Waals surface area contributed by atoms with Crippen LogP contribution < -0.4 is 9.47 Å². The zero-order valence-corrected chi connectivity index (χ0v) is 19.3. The zero-order valence-electron chi connectivity index (χ0n) is 19.3. The van der Waals surface area contributed by atoms with Crippen LogP contribution in [0.5, 0.6) is 11.5 Å². The molecule has 178 valence electrons. The summed E-state index contributed by atoms with van der Waals surface area (Å²) in [6.07, 6.45) is 0.687. The number of carbonyl (C=O) groups excluding carboxylic acids is 4. The maximum atomic E-state index is 13.0. The predicted octanol–water partition coefficient (Wildman–Crippen LogP) is 2.06. The third-order valence-corrected chi connectivity index (χ3v) is 6.19. The number of carbonyl (C=O) groups is 4. The summed E-state index contributed by atoms with van der Waals surface area (Å²) >= 11 is 0. The Morgan fingerprint density at radius 1 is 0.824 bits per heavy atom. The van der Waals surface area contributed by atoms with Gasteiger partial charge in [-0.25, -0.2) is 0 Å². The van der Waals surface area contributed by atoms with Gasteiger partial charge in [-0.2, -0.15) is 0 Å². The molecule has 2 aliphatic heterocycles. The molecule has 9 heteroatoms. The van der Waals surface area contributed by atoms with Crippen molar-refractivity contribution >= 4 is 23.6 Å². The van der Waals surface area contributed by atoms with Crippen molar-refractivity contribution in [2.24, 2.45) is 0 Å². The van der Waals surface area contributed by atoms with Crippen molar-refractivity contribution in [3.8, 4) is 11.5 Å². The first-order valence-corrected chi connectivity index (χ1v) is 11.2. The number of methoxy groups -OCH3 is 2. The van der Waals surface area contributed by atoms with Crippen LogP contribution in [0.1, 0.15) is 43.9 Å². The van der Waals surface area contributed by atoms with Gasteiger partial charge in [0, 0.05) is 44.7 Å². The van der Waals surface area contributed by atoms with Crippen LogP contribution in [0, 0.1) is 0 Å². The molecule has 0 spiro atoms. The van der Waals surface area contributed by atoms with Crippen LogP contribution in [0.3, 0.4) is 0 Å². The lowest BCUT2D eigenvalue weighted by atomic mass is 10.1. The maximum Gasteiger partial charge on any atom is 0.261 e. The van der Waals surface area contributed by atoms with E-state index in [1.807, 2.05) is 0 Å². The van der Waals surface area contributed by atoms with Crippen molar-refractivity contribution in [3.63, 3.8) is 0 Å². The second-order valence-corrected chi connectivity index (χ2v) is 8.15. The van der Waals surface area contributed by atoms with Crippen LogP contribution in [0.15, 0.2) is 42.5 Å². The number of nitrogens with zero attached hydrogens (tertiary/aromatic N) is 3. The number of ether oxygens (including phenoxy) is 2. The molecule has 1 fully saturated rings. The third kappa shape index (κ3) is 4.46. The van der Waals surface area contributed by atoms with Crippen molar-refractivity contribution < 1.29 is 28.7 Å². The fourth-order valence-corrected chi connectivity index (χ4v) is 4.33. The van der Waals surface area contributed by atoms with Crippen molar-refractivity contribution in [3.05, 3.63) is 59.2 Å². The Bertz CT molecular complexity index is 1100. The van der Waals surface area contributed by atoms with Crippen molar-refractivity contribution in [1.82, 2.24) is 14.7 Å². The summed E-state index contributed by atoms with van der Waals surface area (Å²) in [7, 11) is 3.05. The molecule has 9 nitrogen and oxygen atoms in total. The van der Waals surface area contributed by atoms with E-state index >= 15 is 0 Å². The lowest BCUT2D eigenvalue weighted by molar-refractivity contribution is -0.131. The Hall–Kier alpha value is -3.88. The number of benzene rings is 2. The van der Waals surface area contributed by atoms with Crippen LogP contribution in [-0.2, 0) is 4.79 Å². The van der Waals surface area contributed by atoms with E-state index in [0.717, 1.165) is 4.90 Å². The Kier molecular flexibility index (Phi) is 6.81. The summed E-state index contributed by atoms with van der Waals surface area (Å²) in [5.41, 5.74) is 1.24. The molecule has 4 rings (SSSR count). The third-order valence-electron chi connectivity index (χ3n) is 6.19. The largest absolute Gasteiger partial charge is 0.493 e. The first-order chi connectivity index (χ1) is 16.4. The van der Waals surface area contributed by atoms with E-state index in [1.54, 1.807) is 52.3 Å². The van der Waals surface area contributed by atoms with Gasteiger partial charge < -0.3 is 19.3 Å². The smallest absolute Gasteiger partial charge is 0.261 e. The number of fused-ring (bicyclic) bond motifs is 1. The van der Waals surface area contributed by atoms with E-state index in [1.165, 1.54) is 14.2 Å². The van der Waals surface area contributed by atoms with Gasteiger partial charge in [0.2, 0.25) is 5.91 Å². The minimum atomic E-state index is -0.365. The highest BCUT2D eigenvalue weighted by atomic mass is 16.5. The first kappa shape index (κ1) is 23.3.